The number of hydrogen-bond donors (Lipinski definition) is 0. The van der Waals surface area contributed by atoms with Gasteiger partial charge in [0.2, 0.25) is 0 Å². The van der Waals surface area contributed by atoms with Gasteiger partial charge in [0.1, 0.15) is 6.61 Å². The van der Waals surface area contributed by atoms with Crippen molar-refractivity contribution in [3.05, 3.63) is 29.8 Å². The highest BCUT2D eigenvalue weighted by Gasteiger charge is 2.49. The molecule has 0 unspecified atom stereocenters. The summed E-state index contributed by atoms with van der Waals surface area (Å²) in [6, 6.07) is 7.23. The van der Waals surface area contributed by atoms with Crippen LogP contribution in [-0.2, 0) is 24.2 Å². The monoisotopic (exact) mass is 397 g/mol. The summed E-state index contributed by atoms with van der Waals surface area (Å²) in [4.78, 5) is 28.1. The number of amidine groups is 1. The molecule has 26 heavy (non-hydrogen) atoms. The van der Waals surface area contributed by atoms with Gasteiger partial charge in [0.25, 0.3) is 5.91 Å². The number of carboxylic acids is 1. The van der Waals surface area contributed by atoms with E-state index in [0.717, 1.165) is 11.3 Å². The fourth-order valence-electron chi connectivity index (χ4n) is 2.93. The number of aryl methyl sites for hydroxylation is 1. The lowest BCUT2D eigenvalue weighted by Gasteiger charge is -2.24. The second-order valence-corrected chi connectivity index (χ2v) is 9.52. The molecule has 0 N–H and O–H groups in total. The number of fused-ring (bicyclic) bond motifs is 1. The Morgan fingerprint density at radius 3 is 2.62 bits per heavy atom. The Balaban J connectivity index is 1.84. The highest BCUT2D eigenvalue weighted by molar-refractivity contribution is 8.16. The van der Waals surface area contributed by atoms with Crippen molar-refractivity contribution in [3.63, 3.8) is 0 Å². The van der Waals surface area contributed by atoms with Gasteiger partial charge in [0.15, 0.2) is 15.0 Å². The number of benzene rings is 1. The first kappa shape index (κ1) is 18.9. The zero-order valence-electron chi connectivity index (χ0n) is 14.0. The van der Waals surface area contributed by atoms with E-state index in [9.17, 15) is 23.1 Å². The number of hydrogen-bond acceptors (Lipinski definition) is 7. The third kappa shape index (κ3) is 4.25. The third-order valence-corrected chi connectivity index (χ3v) is 7.25. The molecule has 2 aliphatic heterocycles. The molecule has 3 rings (SSSR count). The largest absolute Gasteiger partial charge is 0.548 e. The highest BCUT2D eigenvalue weighted by Crippen LogP contribution is 2.40. The molecule has 1 aromatic rings. The summed E-state index contributed by atoms with van der Waals surface area (Å²) >= 11 is 1.25. The number of ether oxygens (including phenoxy) is 1. The van der Waals surface area contributed by atoms with E-state index in [1.807, 2.05) is 31.2 Å². The number of aliphatic imine (C=N–C) groups is 1. The van der Waals surface area contributed by atoms with Crippen molar-refractivity contribution in [2.75, 3.05) is 29.6 Å². The number of anilines is 1. The predicted octanol–water partition coefficient (Wildman–Crippen LogP) is -0.637. The molecule has 2 fully saturated rings. The van der Waals surface area contributed by atoms with Gasteiger partial charge in [-0.1, -0.05) is 29.5 Å². The standard InChI is InChI=1S/C16H18N2O6S2/c1-10-2-4-11(5-3-10)18-12-8-26(22,23)9-13(12)25-16(18)17-14(19)6-24-7-15(20)21/h2-5,12-13H,6-9H2,1H3,(H,20,21)/p-1/t12-,13+/m1/s1. The van der Waals surface area contributed by atoms with Crippen LogP contribution < -0.4 is 10.0 Å². The fourth-order valence-corrected chi connectivity index (χ4v) is 6.86. The molecule has 0 aliphatic carbocycles. The van der Waals surface area contributed by atoms with E-state index in [1.165, 1.54) is 11.8 Å². The Labute approximate surface area is 155 Å². The molecule has 0 bridgehead atoms. The summed E-state index contributed by atoms with van der Waals surface area (Å²) in [6.45, 7) is 0.779. The van der Waals surface area contributed by atoms with Crippen molar-refractivity contribution >= 4 is 44.3 Å². The first-order valence-corrected chi connectivity index (χ1v) is 10.6. The molecule has 8 nitrogen and oxygen atoms in total. The van der Waals surface area contributed by atoms with Gasteiger partial charge in [0, 0.05) is 10.9 Å². The summed E-state index contributed by atoms with van der Waals surface area (Å²) in [5.74, 6) is -2.00. The minimum Gasteiger partial charge on any atom is -0.548 e. The van der Waals surface area contributed by atoms with E-state index in [4.69, 9.17) is 4.74 Å². The maximum atomic E-state index is 12.0. The van der Waals surface area contributed by atoms with Crippen LogP contribution in [0.4, 0.5) is 5.69 Å². The van der Waals surface area contributed by atoms with Crippen LogP contribution >= 0.6 is 11.8 Å². The van der Waals surface area contributed by atoms with Crippen molar-refractivity contribution in [1.82, 2.24) is 0 Å². The molecule has 0 aromatic heterocycles. The quantitative estimate of drug-likeness (QED) is 0.644. The zero-order valence-corrected chi connectivity index (χ0v) is 15.6. The Morgan fingerprint density at radius 1 is 1.27 bits per heavy atom. The number of carbonyl (C=O) groups excluding carboxylic acids is 2. The number of rotatable bonds is 5. The number of amides is 1. The molecule has 2 saturated heterocycles. The van der Waals surface area contributed by atoms with Gasteiger partial charge < -0.3 is 19.5 Å². The minimum atomic E-state index is -3.13. The van der Waals surface area contributed by atoms with E-state index < -0.39 is 34.9 Å². The third-order valence-electron chi connectivity index (χ3n) is 4.04. The number of nitrogens with zero attached hydrogens (tertiary/aromatic N) is 2. The average molecular weight is 397 g/mol. The Morgan fingerprint density at radius 2 is 1.96 bits per heavy atom. The lowest BCUT2D eigenvalue weighted by atomic mass is 10.1. The number of carboxylic acid groups (broad SMARTS) is 1. The number of thioether (sulfide) groups is 1. The molecule has 1 aromatic carbocycles. The van der Waals surface area contributed by atoms with E-state index in [1.54, 1.807) is 4.90 Å². The molecule has 10 heteroatoms. The molecule has 140 valence electrons. The normalized spacial score (nSPS) is 25.4. The summed E-state index contributed by atoms with van der Waals surface area (Å²) in [5.41, 5.74) is 1.82. The van der Waals surface area contributed by atoms with Crippen molar-refractivity contribution < 1.29 is 27.9 Å². The van der Waals surface area contributed by atoms with Crippen molar-refractivity contribution in [1.29, 1.82) is 0 Å². The topological polar surface area (TPSA) is 116 Å². The Bertz CT molecular complexity index is 850. The Kier molecular flexibility index (Phi) is 5.35. The smallest absolute Gasteiger partial charge is 0.274 e. The number of aliphatic carboxylic acids is 1. The number of sulfone groups is 1. The first-order chi connectivity index (χ1) is 12.2. The number of carbonyl (C=O) groups is 2. The van der Waals surface area contributed by atoms with Crippen LogP contribution in [-0.4, -0.2) is 61.5 Å². The van der Waals surface area contributed by atoms with E-state index in [-0.39, 0.29) is 22.8 Å². The summed E-state index contributed by atoms with van der Waals surface area (Å²) in [7, 11) is -3.13. The lowest BCUT2D eigenvalue weighted by molar-refractivity contribution is -0.309. The summed E-state index contributed by atoms with van der Waals surface area (Å²) in [5, 5.41) is 10.5. The van der Waals surface area contributed by atoms with Gasteiger partial charge in [-0.3, -0.25) is 4.79 Å². The van der Waals surface area contributed by atoms with Crippen molar-refractivity contribution in [2.24, 2.45) is 4.99 Å². The summed E-state index contributed by atoms with van der Waals surface area (Å²) < 4.78 is 28.7. The minimum absolute atomic E-state index is 0.00688. The van der Waals surface area contributed by atoms with Crippen LogP contribution in [0.25, 0.3) is 0 Å². The first-order valence-electron chi connectivity index (χ1n) is 7.87. The second-order valence-electron chi connectivity index (χ2n) is 6.16. The molecule has 0 saturated carbocycles. The van der Waals surface area contributed by atoms with Crippen LogP contribution in [0, 0.1) is 6.92 Å². The molecule has 2 atom stereocenters. The van der Waals surface area contributed by atoms with Gasteiger partial charge in [0.05, 0.1) is 30.1 Å². The average Bonchev–Trinajstić information content (AvgIpc) is 2.99. The molecule has 2 aliphatic rings. The van der Waals surface area contributed by atoms with Gasteiger partial charge in [-0.05, 0) is 19.1 Å². The van der Waals surface area contributed by atoms with Crippen LogP contribution in [0.5, 0.6) is 0 Å². The highest BCUT2D eigenvalue weighted by atomic mass is 32.2. The van der Waals surface area contributed by atoms with Crippen LogP contribution in [0.3, 0.4) is 0 Å². The van der Waals surface area contributed by atoms with Gasteiger partial charge in [-0.15, -0.1) is 0 Å². The lowest BCUT2D eigenvalue weighted by Crippen LogP contribution is -2.37. The molecule has 1 amide bonds. The molecular weight excluding hydrogens is 380 g/mol. The van der Waals surface area contributed by atoms with Crippen LogP contribution in [0.1, 0.15) is 5.56 Å². The van der Waals surface area contributed by atoms with E-state index in [2.05, 4.69) is 4.99 Å². The predicted molar refractivity (Wildman–Crippen MR) is 95.7 cm³/mol. The van der Waals surface area contributed by atoms with Crippen LogP contribution in [0.15, 0.2) is 29.3 Å². The molecular formula is C16H17N2O6S2-. The van der Waals surface area contributed by atoms with Gasteiger partial charge in [-0.25, -0.2) is 8.42 Å². The van der Waals surface area contributed by atoms with Crippen molar-refractivity contribution in [3.8, 4) is 0 Å². The van der Waals surface area contributed by atoms with E-state index in [0.29, 0.717) is 5.17 Å². The van der Waals surface area contributed by atoms with Gasteiger partial charge in [-0.2, -0.15) is 4.99 Å². The van der Waals surface area contributed by atoms with Gasteiger partial charge >= 0.3 is 0 Å². The fraction of sp³-hybridized carbons (Fsp3) is 0.438. The van der Waals surface area contributed by atoms with E-state index >= 15 is 0 Å². The maximum absolute atomic E-state index is 12.0. The van der Waals surface area contributed by atoms with Crippen molar-refractivity contribution in [2.45, 2.75) is 18.2 Å². The second kappa shape index (κ2) is 7.37. The maximum Gasteiger partial charge on any atom is 0.274 e. The zero-order chi connectivity index (χ0) is 18.9. The summed E-state index contributed by atoms with van der Waals surface area (Å²) in [6.07, 6.45) is 0. The SMILES string of the molecule is Cc1ccc(N2C(=NC(=O)COCC(=O)[O-])S[C@H]3CS(=O)(=O)C[C@H]32)cc1. The Hall–Kier alpha value is -1.91. The molecule has 2 heterocycles. The molecule has 0 radical (unpaired) electrons. The van der Waals surface area contributed by atoms with Crippen LogP contribution in [0.2, 0.25) is 0 Å². The molecule has 0 spiro atoms.